The number of benzene rings is 2. The molecular formula is C19H22O2. The van der Waals surface area contributed by atoms with Crippen molar-refractivity contribution >= 4 is 21.7 Å². The second-order valence-corrected chi connectivity index (χ2v) is 5.93. The first-order chi connectivity index (χ1) is 10.1. The van der Waals surface area contributed by atoms with Crippen LogP contribution in [0, 0.1) is 5.92 Å². The Morgan fingerprint density at radius 2 is 1.71 bits per heavy atom. The second-order valence-electron chi connectivity index (χ2n) is 5.93. The van der Waals surface area contributed by atoms with Crippen molar-refractivity contribution in [1.82, 2.24) is 0 Å². The minimum atomic E-state index is -0.889. The molecule has 1 N–H and O–H groups in total. The maximum absolute atomic E-state index is 11.0. The van der Waals surface area contributed by atoms with E-state index < -0.39 is 5.60 Å². The average Bonchev–Trinajstić information content (AvgIpc) is 2.94. The lowest BCUT2D eigenvalue weighted by Gasteiger charge is -2.30. The van der Waals surface area contributed by atoms with E-state index in [1.54, 1.807) is 0 Å². The van der Waals surface area contributed by atoms with Crippen molar-refractivity contribution in [3.8, 4) is 0 Å². The Balaban J connectivity index is 2.18. The van der Waals surface area contributed by atoms with Gasteiger partial charge in [0.25, 0.3) is 0 Å². The van der Waals surface area contributed by atoms with Crippen LogP contribution in [0.3, 0.4) is 0 Å². The van der Waals surface area contributed by atoms with E-state index in [4.69, 9.17) is 4.42 Å². The van der Waals surface area contributed by atoms with Crippen LogP contribution in [0.25, 0.3) is 21.7 Å². The normalized spacial score (nSPS) is 16.2. The Morgan fingerprint density at radius 3 is 2.33 bits per heavy atom. The molecule has 0 aliphatic carbocycles. The van der Waals surface area contributed by atoms with Gasteiger partial charge in [-0.1, -0.05) is 51.5 Å². The highest BCUT2D eigenvalue weighted by Crippen LogP contribution is 2.38. The Morgan fingerprint density at radius 1 is 1.05 bits per heavy atom. The molecule has 0 aliphatic heterocycles. The van der Waals surface area contributed by atoms with Gasteiger partial charge in [-0.15, -0.1) is 0 Å². The monoisotopic (exact) mass is 282 g/mol. The summed E-state index contributed by atoms with van der Waals surface area (Å²) in [5.41, 5.74) is -0.0428. The lowest BCUT2D eigenvalue weighted by molar-refractivity contribution is -0.0397. The fraction of sp³-hybridized carbons (Fsp3) is 0.368. The summed E-state index contributed by atoms with van der Waals surface area (Å²) in [5, 5.41) is 14.4. The summed E-state index contributed by atoms with van der Waals surface area (Å²) < 4.78 is 6.01. The molecular weight excluding hydrogens is 260 g/mol. The summed E-state index contributed by atoms with van der Waals surface area (Å²) in [4.78, 5) is 0. The minimum absolute atomic E-state index is 0.164. The van der Waals surface area contributed by atoms with E-state index in [2.05, 4.69) is 38.1 Å². The van der Waals surface area contributed by atoms with Crippen LogP contribution < -0.4 is 0 Å². The van der Waals surface area contributed by atoms with Crippen LogP contribution >= 0.6 is 0 Å². The number of furan rings is 1. The molecule has 1 aromatic heterocycles. The predicted molar refractivity (Wildman–Crippen MR) is 87.4 cm³/mol. The summed E-state index contributed by atoms with van der Waals surface area (Å²) >= 11 is 0. The highest BCUT2D eigenvalue weighted by atomic mass is 16.4. The Kier molecular flexibility index (Phi) is 3.50. The van der Waals surface area contributed by atoms with E-state index in [-0.39, 0.29) is 5.92 Å². The Hall–Kier alpha value is -1.80. The Labute approximate surface area is 125 Å². The second kappa shape index (κ2) is 5.19. The SMILES string of the molecule is CCC(C)C(O)(CC)c1cc2cc3ccccc3cc2o1. The van der Waals surface area contributed by atoms with Crippen LogP contribution in [0.2, 0.25) is 0 Å². The molecule has 1 heterocycles. The third kappa shape index (κ3) is 2.24. The van der Waals surface area contributed by atoms with Gasteiger partial charge in [-0.25, -0.2) is 0 Å². The lowest BCUT2D eigenvalue weighted by Crippen LogP contribution is -2.32. The first-order valence-corrected chi connectivity index (χ1v) is 7.73. The molecule has 3 rings (SSSR count). The van der Waals surface area contributed by atoms with Crippen molar-refractivity contribution in [2.75, 3.05) is 0 Å². The van der Waals surface area contributed by atoms with Crippen molar-refractivity contribution in [3.63, 3.8) is 0 Å². The van der Waals surface area contributed by atoms with Gasteiger partial charge in [0.15, 0.2) is 0 Å². The van der Waals surface area contributed by atoms with E-state index in [9.17, 15) is 5.11 Å². The molecule has 2 unspecified atom stereocenters. The number of rotatable bonds is 4. The van der Waals surface area contributed by atoms with Gasteiger partial charge < -0.3 is 9.52 Å². The van der Waals surface area contributed by atoms with Gasteiger partial charge in [0.1, 0.15) is 16.9 Å². The molecule has 3 aromatic rings. The van der Waals surface area contributed by atoms with E-state index >= 15 is 0 Å². The van der Waals surface area contributed by atoms with Crippen molar-refractivity contribution < 1.29 is 9.52 Å². The molecule has 2 atom stereocenters. The predicted octanol–water partition coefficient (Wildman–Crippen LogP) is 5.23. The molecule has 0 aliphatic rings. The van der Waals surface area contributed by atoms with Crippen molar-refractivity contribution in [2.24, 2.45) is 5.92 Å². The fourth-order valence-electron chi connectivity index (χ4n) is 3.04. The quantitative estimate of drug-likeness (QED) is 0.710. The molecule has 0 saturated heterocycles. The zero-order valence-electron chi connectivity index (χ0n) is 12.9. The van der Waals surface area contributed by atoms with Gasteiger partial charge in [0.2, 0.25) is 0 Å². The molecule has 0 radical (unpaired) electrons. The molecule has 2 nitrogen and oxygen atoms in total. The number of hydrogen-bond donors (Lipinski definition) is 1. The molecule has 0 spiro atoms. The molecule has 2 aromatic carbocycles. The topological polar surface area (TPSA) is 33.4 Å². The summed E-state index contributed by atoms with van der Waals surface area (Å²) in [6, 6.07) is 14.4. The van der Waals surface area contributed by atoms with Crippen molar-refractivity contribution in [2.45, 2.75) is 39.2 Å². The van der Waals surface area contributed by atoms with Gasteiger partial charge in [0.05, 0.1) is 0 Å². The summed E-state index contributed by atoms with van der Waals surface area (Å²) in [6.07, 6.45) is 1.57. The minimum Gasteiger partial charge on any atom is -0.458 e. The summed E-state index contributed by atoms with van der Waals surface area (Å²) in [7, 11) is 0. The summed E-state index contributed by atoms with van der Waals surface area (Å²) in [6.45, 7) is 6.19. The highest BCUT2D eigenvalue weighted by Gasteiger charge is 2.36. The third-order valence-electron chi connectivity index (χ3n) is 4.78. The molecule has 0 fully saturated rings. The first kappa shape index (κ1) is 14.2. The van der Waals surface area contributed by atoms with Crippen LogP contribution in [0.1, 0.15) is 39.4 Å². The van der Waals surface area contributed by atoms with Gasteiger partial charge >= 0.3 is 0 Å². The third-order valence-corrected chi connectivity index (χ3v) is 4.78. The molecule has 2 heteroatoms. The van der Waals surface area contributed by atoms with Gasteiger partial charge in [-0.2, -0.15) is 0 Å². The van der Waals surface area contributed by atoms with E-state index in [0.717, 1.165) is 22.8 Å². The zero-order valence-corrected chi connectivity index (χ0v) is 12.9. The van der Waals surface area contributed by atoms with Crippen LogP contribution in [0.5, 0.6) is 0 Å². The highest BCUT2D eigenvalue weighted by molar-refractivity contribution is 5.96. The lowest BCUT2D eigenvalue weighted by atomic mass is 9.82. The van der Waals surface area contributed by atoms with Crippen LogP contribution in [-0.2, 0) is 5.60 Å². The standard InChI is InChI=1S/C19H22O2/c1-4-13(3)19(20,5-2)18-12-16-10-14-8-6-7-9-15(14)11-17(16)21-18/h6-13,20H,4-5H2,1-3H3. The van der Waals surface area contributed by atoms with Crippen LogP contribution in [0.15, 0.2) is 46.9 Å². The van der Waals surface area contributed by atoms with Crippen LogP contribution in [0.4, 0.5) is 0 Å². The number of fused-ring (bicyclic) bond motifs is 2. The van der Waals surface area contributed by atoms with Gasteiger partial charge in [-0.05, 0) is 41.3 Å². The fourth-order valence-corrected chi connectivity index (χ4v) is 3.04. The average molecular weight is 282 g/mol. The molecule has 0 saturated carbocycles. The maximum atomic E-state index is 11.0. The molecule has 0 bridgehead atoms. The van der Waals surface area contributed by atoms with Gasteiger partial charge in [0, 0.05) is 5.39 Å². The summed E-state index contributed by atoms with van der Waals surface area (Å²) in [5.74, 6) is 0.849. The molecule has 110 valence electrons. The van der Waals surface area contributed by atoms with Crippen molar-refractivity contribution in [3.05, 3.63) is 48.2 Å². The zero-order chi connectivity index (χ0) is 15.0. The van der Waals surface area contributed by atoms with E-state index in [1.807, 2.05) is 25.1 Å². The molecule has 0 amide bonds. The van der Waals surface area contributed by atoms with E-state index in [1.165, 1.54) is 5.39 Å². The molecule has 21 heavy (non-hydrogen) atoms. The first-order valence-electron chi connectivity index (χ1n) is 7.73. The smallest absolute Gasteiger partial charge is 0.137 e. The van der Waals surface area contributed by atoms with Crippen LogP contribution in [-0.4, -0.2) is 5.11 Å². The number of aliphatic hydroxyl groups is 1. The van der Waals surface area contributed by atoms with E-state index in [0.29, 0.717) is 12.2 Å². The largest absolute Gasteiger partial charge is 0.458 e. The maximum Gasteiger partial charge on any atom is 0.137 e. The number of hydrogen-bond acceptors (Lipinski definition) is 2. The van der Waals surface area contributed by atoms with Crippen molar-refractivity contribution in [1.29, 1.82) is 0 Å². The Bertz CT molecular complexity index is 719. The van der Waals surface area contributed by atoms with Gasteiger partial charge in [-0.3, -0.25) is 0 Å².